The minimum atomic E-state index is -3.73. The molecule has 5 heteroatoms. The highest BCUT2D eigenvalue weighted by molar-refractivity contribution is 14.1. The van der Waals surface area contributed by atoms with Crippen molar-refractivity contribution in [2.24, 2.45) is 0 Å². The van der Waals surface area contributed by atoms with Crippen molar-refractivity contribution in [3.8, 4) is 5.75 Å². The molecule has 2 aromatic carbocycles. The predicted octanol–water partition coefficient (Wildman–Crippen LogP) is 4.83. The molecular formula is C17H19IO3S. The highest BCUT2D eigenvalue weighted by Crippen LogP contribution is 2.32. The lowest BCUT2D eigenvalue weighted by Gasteiger charge is -2.19. The van der Waals surface area contributed by atoms with Crippen LogP contribution in [-0.4, -0.2) is 8.42 Å². The van der Waals surface area contributed by atoms with Crippen molar-refractivity contribution in [1.29, 1.82) is 0 Å². The number of rotatable bonds is 4. The van der Waals surface area contributed by atoms with E-state index in [2.05, 4.69) is 20.8 Å². The van der Waals surface area contributed by atoms with E-state index in [4.69, 9.17) is 4.18 Å². The predicted molar refractivity (Wildman–Crippen MR) is 97.9 cm³/mol. The number of benzene rings is 2. The molecule has 0 spiro atoms. The van der Waals surface area contributed by atoms with E-state index in [1.807, 2.05) is 52.9 Å². The van der Waals surface area contributed by atoms with Crippen LogP contribution in [0.3, 0.4) is 0 Å². The molecule has 0 aromatic heterocycles. The standard InChI is InChI=1S/C17H19IO3S/c1-17(2,3)14-9-11-15(12-10-14)21-22(19,20)16(18)13-7-5-4-6-8-13/h4-12,16H,1-3H3. The molecule has 1 unspecified atom stereocenters. The molecule has 0 bridgehead atoms. The topological polar surface area (TPSA) is 43.4 Å². The highest BCUT2D eigenvalue weighted by atomic mass is 127. The molecule has 0 aliphatic heterocycles. The van der Waals surface area contributed by atoms with Gasteiger partial charge in [0.2, 0.25) is 0 Å². The molecule has 3 nitrogen and oxygen atoms in total. The SMILES string of the molecule is CC(C)(C)c1ccc(OS(=O)(=O)C(I)c2ccccc2)cc1. The summed E-state index contributed by atoms with van der Waals surface area (Å²) in [4.78, 5) is 0. The largest absolute Gasteiger partial charge is 0.381 e. The Kier molecular flexibility index (Phi) is 5.17. The van der Waals surface area contributed by atoms with Crippen LogP contribution < -0.4 is 4.18 Å². The van der Waals surface area contributed by atoms with Gasteiger partial charge < -0.3 is 4.18 Å². The van der Waals surface area contributed by atoms with Gasteiger partial charge in [0.05, 0.1) is 0 Å². The first-order valence-corrected chi connectivity index (χ1v) is 9.65. The second-order valence-electron chi connectivity index (χ2n) is 6.08. The second kappa shape index (κ2) is 6.58. The smallest absolute Gasteiger partial charge is 0.325 e. The van der Waals surface area contributed by atoms with E-state index < -0.39 is 13.4 Å². The van der Waals surface area contributed by atoms with Gasteiger partial charge in [-0.05, 0) is 28.7 Å². The molecule has 1 atom stereocenters. The van der Waals surface area contributed by atoms with Crippen LogP contribution in [0.1, 0.15) is 35.2 Å². The van der Waals surface area contributed by atoms with Crippen molar-refractivity contribution >= 4 is 32.7 Å². The van der Waals surface area contributed by atoms with Crippen molar-refractivity contribution in [2.45, 2.75) is 29.4 Å². The zero-order chi connectivity index (χ0) is 16.4. The fraction of sp³-hybridized carbons (Fsp3) is 0.294. The molecule has 0 saturated heterocycles. The summed E-state index contributed by atoms with van der Waals surface area (Å²) in [7, 11) is -3.73. The van der Waals surface area contributed by atoms with E-state index in [1.165, 1.54) is 0 Å². The van der Waals surface area contributed by atoms with Gasteiger partial charge in [-0.1, -0.05) is 85.8 Å². The van der Waals surface area contributed by atoms with Crippen LogP contribution in [0.2, 0.25) is 0 Å². The monoisotopic (exact) mass is 430 g/mol. The molecule has 0 heterocycles. The third-order valence-electron chi connectivity index (χ3n) is 3.25. The Morgan fingerprint density at radius 1 is 0.955 bits per heavy atom. The summed E-state index contributed by atoms with van der Waals surface area (Å²) in [5.74, 6) is 0.339. The van der Waals surface area contributed by atoms with Crippen molar-refractivity contribution in [3.63, 3.8) is 0 Å². The minimum absolute atomic E-state index is 0.0211. The summed E-state index contributed by atoms with van der Waals surface area (Å²) in [5.41, 5.74) is 1.86. The van der Waals surface area contributed by atoms with Gasteiger partial charge in [-0.15, -0.1) is 0 Å². The van der Waals surface area contributed by atoms with Crippen LogP contribution in [0.4, 0.5) is 0 Å². The summed E-state index contributed by atoms with van der Waals surface area (Å²) in [5, 5.41) is 0. The maximum atomic E-state index is 12.4. The molecule has 118 valence electrons. The van der Waals surface area contributed by atoms with Crippen LogP contribution in [-0.2, 0) is 15.5 Å². The fourth-order valence-corrected chi connectivity index (χ4v) is 3.64. The summed E-state index contributed by atoms with van der Waals surface area (Å²) >= 11 is 1.88. The van der Waals surface area contributed by atoms with Crippen molar-refractivity contribution in [2.75, 3.05) is 0 Å². The summed E-state index contributed by atoms with van der Waals surface area (Å²) in [6.45, 7) is 6.32. The first-order chi connectivity index (χ1) is 10.2. The van der Waals surface area contributed by atoms with Crippen LogP contribution in [0.25, 0.3) is 0 Å². The Hall–Kier alpha value is -1.08. The van der Waals surface area contributed by atoms with Gasteiger partial charge in [-0.3, -0.25) is 0 Å². The molecule has 0 amide bonds. The van der Waals surface area contributed by atoms with Gasteiger partial charge in [0, 0.05) is 0 Å². The summed E-state index contributed by atoms with van der Waals surface area (Å²) < 4.78 is 29.2. The highest BCUT2D eigenvalue weighted by Gasteiger charge is 2.26. The molecule has 0 radical (unpaired) electrons. The molecule has 2 rings (SSSR count). The van der Waals surface area contributed by atoms with Crippen molar-refractivity contribution in [1.82, 2.24) is 0 Å². The van der Waals surface area contributed by atoms with E-state index in [0.29, 0.717) is 11.3 Å². The normalized spacial score (nSPS) is 13.6. The maximum Gasteiger partial charge on any atom is 0.325 e. The van der Waals surface area contributed by atoms with E-state index in [0.717, 1.165) is 5.56 Å². The third-order valence-corrected chi connectivity index (χ3v) is 7.04. The van der Waals surface area contributed by atoms with Gasteiger partial charge in [-0.2, -0.15) is 8.42 Å². The Balaban J connectivity index is 2.19. The summed E-state index contributed by atoms with van der Waals surface area (Å²) in [6, 6.07) is 16.2. The van der Waals surface area contributed by atoms with Gasteiger partial charge >= 0.3 is 10.1 Å². The third kappa shape index (κ3) is 4.23. The molecule has 0 aliphatic rings. The van der Waals surface area contributed by atoms with E-state index >= 15 is 0 Å². The minimum Gasteiger partial charge on any atom is -0.381 e. The quantitative estimate of drug-likeness (QED) is 0.397. The molecule has 0 aliphatic carbocycles. The Morgan fingerprint density at radius 2 is 1.50 bits per heavy atom. The average molecular weight is 430 g/mol. The van der Waals surface area contributed by atoms with Crippen LogP contribution >= 0.6 is 22.6 Å². The van der Waals surface area contributed by atoms with Crippen molar-refractivity contribution in [3.05, 3.63) is 65.7 Å². The average Bonchev–Trinajstić information content (AvgIpc) is 2.46. The zero-order valence-electron chi connectivity index (χ0n) is 12.8. The fourth-order valence-electron chi connectivity index (χ4n) is 1.96. The Bertz CT molecular complexity index is 717. The Morgan fingerprint density at radius 3 is 2.00 bits per heavy atom. The molecule has 22 heavy (non-hydrogen) atoms. The first kappa shape index (κ1) is 17.3. The molecular weight excluding hydrogens is 411 g/mol. The van der Waals surface area contributed by atoms with E-state index in [1.54, 1.807) is 24.3 Å². The van der Waals surface area contributed by atoms with Crippen LogP contribution in [0, 0.1) is 0 Å². The van der Waals surface area contributed by atoms with Gasteiger partial charge in [0.25, 0.3) is 0 Å². The lowest BCUT2D eigenvalue weighted by molar-refractivity contribution is 0.485. The van der Waals surface area contributed by atoms with Crippen LogP contribution in [0.15, 0.2) is 54.6 Å². The number of hydrogen-bond donors (Lipinski definition) is 0. The summed E-state index contributed by atoms with van der Waals surface area (Å²) in [6.07, 6.45) is 0. The first-order valence-electron chi connectivity index (χ1n) is 6.93. The van der Waals surface area contributed by atoms with Crippen molar-refractivity contribution < 1.29 is 12.6 Å². The number of alkyl halides is 1. The number of halogens is 1. The second-order valence-corrected chi connectivity index (χ2v) is 9.79. The lowest BCUT2D eigenvalue weighted by atomic mass is 9.87. The molecule has 0 N–H and O–H groups in total. The lowest BCUT2D eigenvalue weighted by Crippen LogP contribution is -2.15. The molecule has 0 fully saturated rings. The van der Waals surface area contributed by atoms with Gasteiger partial charge in [0.15, 0.2) is 3.26 Å². The van der Waals surface area contributed by atoms with Gasteiger partial charge in [-0.25, -0.2) is 0 Å². The maximum absolute atomic E-state index is 12.4. The molecule has 0 saturated carbocycles. The molecule has 2 aromatic rings. The Labute approximate surface area is 146 Å². The van der Waals surface area contributed by atoms with E-state index in [9.17, 15) is 8.42 Å². The zero-order valence-corrected chi connectivity index (χ0v) is 15.8. The number of hydrogen-bond acceptors (Lipinski definition) is 3. The van der Waals surface area contributed by atoms with Gasteiger partial charge in [0.1, 0.15) is 5.75 Å². The van der Waals surface area contributed by atoms with Crippen LogP contribution in [0.5, 0.6) is 5.75 Å². The van der Waals surface area contributed by atoms with E-state index in [-0.39, 0.29) is 5.41 Å².